The lowest BCUT2D eigenvalue weighted by atomic mass is 10.0. The highest BCUT2D eigenvalue weighted by Gasteiger charge is 2.28. The highest BCUT2D eigenvalue weighted by molar-refractivity contribution is 6.04. The summed E-state index contributed by atoms with van der Waals surface area (Å²) in [5, 5.41) is 4.94. The zero-order valence-electron chi connectivity index (χ0n) is 16.4. The monoisotopic (exact) mass is 352 g/mol. The van der Waals surface area contributed by atoms with Crippen molar-refractivity contribution in [1.82, 2.24) is 10.6 Å². The van der Waals surface area contributed by atoms with Gasteiger partial charge in [0.25, 0.3) is 5.91 Å². The smallest absolute Gasteiger partial charge is 0.322 e. The molecule has 0 aliphatic carbocycles. The first-order chi connectivity index (χ1) is 12.2. The molecule has 1 saturated heterocycles. The van der Waals surface area contributed by atoms with Crippen LogP contribution >= 0.6 is 0 Å². The van der Waals surface area contributed by atoms with Crippen molar-refractivity contribution in [2.24, 2.45) is 0 Å². The third-order valence-corrected chi connectivity index (χ3v) is 5.20. The molecule has 25 heavy (non-hydrogen) atoms. The highest BCUT2D eigenvalue weighted by atomic mass is 16.2. The Hall–Kier alpha value is -1.06. The van der Waals surface area contributed by atoms with Crippen molar-refractivity contribution in [3.8, 4) is 0 Å². The van der Waals surface area contributed by atoms with E-state index >= 15 is 0 Å². The molecule has 1 unspecified atom stereocenters. The van der Waals surface area contributed by atoms with Gasteiger partial charge in [-0.2, -0.15) is 0 Å². The number of amides is 3. The second kappa shape index (κ2) is 15.2. The summed E-state index contributed by atoms with van der Waals surface area (Å²) in [7, 11) is 0. The third kappa shape index (κ3) is 12.0. The van der Waals surface area contributed by atoms with E-state index in [-0.39, 0.29) is 18.0 Å². The minimum Gasteiger partial charge on any atom is -0.326 e. The van der Waals surface area contributed by atoms with E-state index in [2.05, 4.69) is 17.6 Å². The van der Waals surface area contributed by atoms with Crippen LogP contribution in [0.2, 0.25) is 0 Å². The van der Waals surface area contributed by atoms with Gasteiger partial charge in [0, 0.05) is 0 Å². The molecule has 1 rings (SSSR count). The molecule has 3 amide bonds. The van der Waals surface area contributed by atoms with Gasteiger partial charge in [-0.3, -0.25) is 10.1 Å². The van der Waals surface area contributed by atoms with Gasteiger partial charge in [0.2, 0.25) is 0 Å². The van der Waals surface area contributed by atoms with E-state index in [1.165, 1.54) is 89.9 Å². The Morgan fingerprint density at radius 1 is 0.640 bits per heavy atom. The number of carbonyl (C=O) groups excluding carboxylic acids is 2. The molecule has 0 spiro atoms. The van der Waals surface area contributed by atoms with Crippen molar-refractivity contribution >= 4 is 11.9 Å². The largest absolute Gasteiger partial charge is 0.326 e. The van der Waals surface area contributed by atoms with Crippen molar-refractivity contribution in [1.29, 1.82) is 0 Å². The van der Waals surface area contributed by atoms with E-state index in [9.17, 15) is 9.59 Å². The van der Waals surface area contributed by atoms with Crippen LogP contribution in [0.25, 0.3) is 0 Å². The summed E-state index contributed by atoms with van der Waals surface area (Å²) in [6.45, 7) is 2.27. The van der Waals surface area contributed by atoms with Gasteiger partial charge in [0.15, 0.2) is 0 Å². The Morgan fingerprint density at radius 3 is 1.40 bits per heavy atom. The van der Waals surface area contributed by atoms with Gasteiger partial charge in [0.05, 0.1) is 0 Å². The molecule has 1 heterocycles. The third-order valence-electron chi connectivity index (χ3n) is 5.20. The molecule has 1 aliphatic rings. The van der Waals surface area contributed by atoms with Gasteiger partial charge >= 0.3 is 6.03 Å². The molecule has 2 N–H and O–H groups in total. The highest BCUT2D eigenvalue weighted by Crippen LogP contribution is 2.14. The molecule has 0 saturated carbocycles. The molecule has 4 heteroatoms. The van der Waals surface area contributed by atoms with E-state index in [0.717, 1.165) is 19.3 Å². The fourth-order valence-corrected chi connectivity index (χ4v) is 3.56. The summed E-state index contributed by atoms with van der Waals surface area (Å²) >= 11 is 0. The standard InChI is InChI=1S/C21H40N2O2/c1-2-3-4-5-6-7-8-9-10-11-12-13-14-15-16-17-18-19-20(24)23-21(25)22-19/h19H,2-18H2,1H3,(H2,22,23,24,25). The van der Waals surface area contributed by atoms with Crippen molar-refractivity contribution in [3.05, 3.63) is 0 Å². The van der Waals surface area contributed by atoms with Crippen LogP contribution in [-0.4, -0.2) is 18.0 Å². The molecular weight excluding hydrogens is 312 g/mol. The van der Waals surface area contributed by atoms with Gasteiger partial charge in [0.1, 0.15) is 6.04 Å². The first-order valence-corrected chi connectivity index (χ1v) is 10.9. The van der Waals surface area contributed by atoms with Crippen LogP contribution < -0.4 is 10.6 Å². The summed E-state index contributed by atoms with van der Waals surface area (Å²) < 4.78 is 0. The van der Waals surface area contributed by atoms with Gasteiger partial charge in [-0.05, 0) is 6.42 Å². The maximum Gasteiger partial charge on any atom is 0.322 e. The summed E-state index contributed by atoms with van der Waals surface area (Å²) in [5.41, 5.74) is 0. The minimum absolute atomic E-state index is 0.161. The van der Waals surface area contributed by atoms with Crippen LogP contribution in [0.3, 0.4) is 0 Å². The minimum atomic E-state index is -0.341. The quantitative estimate of drug-likeness (QED) is 0.255. The average Bonchev–Trinajstić information content (AvgIpc) is 2.92. The zero-order valence-corrected chi connectivity index (χ0v) is 16.4. The predicted octanol–water partition coefficient (Wildman–Crippen LogP) is 5.85. The first-order valence-electron chi connectivity index (χ1n) is 10.9. The van der Waals surface area contributed by atoms with Gasteiger partial charge in [-0.15, -0.1) is 0 Å². The van der Waals surface area contributed by atoms with Crippen molar-refractivity contribution < 1.29 is 9.59 Å². The molecule has 4 nitrogen and oxygen atoms in total. The van der Waals surface area contributed by atoms with E-state index < -0.39 is 0 Å². The molecule has 0 aromatic rings. The van der Waals surface area contributed by atoms with Crippen LogP contribution in [0.1, 0.15) is 116 Å². The Morgan fingerprint density at radius 2 is 1.04 bits per heavy atom. The second-order valence-corrected chi connectivity index (χ2v) is 7.61. The van der Waals surface area contributed by atoms with Crippen LogP contribution in [0, 0.1) is 0 Å². The lowest BCUT2D eigenvalue weighted by molar-refractivity contribution is -0.120. The molecule has 0 aromatic heterocycles. The van der Waals surface area contributed by atoms with Gasteiger partial charge in [-0.25, -0.2) is 4.79 Å². The zero-order chi connectivity index (χ0) is 18.2. The summed E-state index contributed by atoms with van der Waals surface area (Å²) in [4.78, 5) is 22.4. The molecule has 1 aliphatic heterocycles. The Kier molecular flexibility index (Phi) is 13.4. The molecular formula is C21H40N2O2. The van der Waals surface area contributed by atoms with E-state index in [0.29, 0.717) is 0 Å². The Bertz CT molecular complexity index is 358. The Labute approximate surface area is 154 Å². The average molecular weight is 353 g/mol. The molecule has 1 fully saturated rings. The van der Waals surface area contributed by atoms with E-state index in [1.807, 2.05) is 0 Å². The molecule has 0 aromatic carbocycles. The molecule has 0 radical (unpaired) electrons. The van der Waals surface area contributed by atoms with Crippen molar-refractivity contribution in [2.45, 2.75) is 122 Å². The fourth-order valence-electron chi connectivity index (χ4n) is 3.56. The molecule has 1 atom stereocenters. The van der Waals surface area contributed by atoms with E-state index in [4.69, 9.17) is 0 Å². The second-order valence-electron chi connectivity index (χ2n) is 7.61. The lowest BCUT2D eigenvalue weighted by Gasteiger charge is -2.06. The summed E-state index contributed by atoms with van der Waals surface area (Å²) in [6, 6.07) is -0.634. The van der Waals surface area contributed by atoms with Crippen molar-refractivity contribution in [3.63, 3.8) is 0 Å². The normalized spacial score (nSPS) is 16.9. The maximum atomic E-state index is 11.4. The van der Waals surface area contributed by atoms with Crippen molar-refractivity contribution in [2.75, 3.05) is 0 Å². The fraction of sp³-hybridized carbons (Fsp3) is 0.905. The SMILES string of the molecule is CCCCCCCCCCCCCCCCCCC1NC(=O)NC1=O. The number of nitrogens with one attached hydrogen (secondary N) is 2. The number of hydrogen-bond acceptors (Lipinski definition) is 2. The number of carbonyl (C=O) groups is 2. The topological polar surface area (TPSA) is 58.2 Å². The van der Waals surface area contributed by atoms with Crippen LogP contribution in [0.15, 0.2) is 0 Å². The summed E-state index contributed by atoms with van der Waals surface area (Å²) in [5.74, 6) is -0.161. The van der Waals surface area contributed by atoms with Gasteiger partial charge in [-0.1, -0.05) is 110 Å². The van der Waals surface area contributed by atoms with E-state index in [1.54, 1.807) is 0 Å². The first kappa shape index (κ1) is 22.0. The molecule has 0 bridgehead atoms. The maximum absolute atomic E-state index is 11.4. The number of imide groups is 1. The summed E-state index contributed by atoms with van der Waals surface area (Å²) in [6.07, 6.45) is 22.4. The number of urea groups is 1. The van der Waals surface area contributed by atoms with Crippen LogP contribution in [0.5, 0.6) is 0 Å². The lowest BCUT2D eigenvalue weighted by Crippen LogP contribution is -2.28. The van der Waals surface area contributed by atoms with Crippen LogP contribution in [0.4, 0.5) is 4.79 Å². The number of rotatable bonds is 17. The Balaban J connectivity index is 1.72. The van der Waals surface area contributed by atoms with Gasteiger partial charge < -0.3 is 5.32 Å². The molecule has 146 valence electrons. The van der Waals surface area contributed by atoms with Crippen LogP contribution in [-0.2, 0) is 4.79 Å². The number of unbranched alkanes of at least 4 members (excludes halogenated alkanes) is 15. The predicted molar refractivity (Wildman–Crippen MR) is 105 cm³/mol. The number of hydrogen-bond donors (Lipinski definition) is 2.